The topological polar surface area (TPSA) is 87.3 Å². The zero-order chi connectivity index (χ0) is 27.4. The van der Waals surface area contributed by atoms with E-state index in [1.165, 1.54) is 64.2 Å². The van der Waals surface area contributed by atoms with E-state index < -0.39 is 6.04 Å². The highest BCUT2D eigenvalue weighted by atomic mass is 16.2. The van der Waals surface area contributed by atoms with Crippen molar-refractivity contribution >= 4 is 17.7 Å². The maximum absolute atomic E-state index is 12.6. The second kappa shape index (κ2) is 27.2. The predicted molar refractivity (Wildman–Crippen MR) is 156 cm³/mol. The summed E-state index contributed by atoms with van der Waals surface area (Å²) in [4.78, 5) is 37.1. The average molecular weight is 522 g/mol. The third-order valence-corrected chi connectivity index (χ3v) is 6.66. The van der Waals surface area contributed by atoms with Crippen molar-refractivity contribution in [3.8, 4) is 0 Å². The van der Waals surface area contributed by atoms with Crippen molar-refractivity contribution in [1.82, 2.24) is 16.0 Å². The minimum Gasteiger partial charge on any atom is -0.356 e. The van der Waals surface area contributed by atoms with E-state index in [9.17, 15) is 14.4 Å². The summed E-state index contributed by atoms with van der Waals surface area (Å²) in [5, 5.41) is 8.65. The van der Waals surface area contributed by atoms with E-state index in [1.54, 1.807) is 0 Å². The molecule has 0 spiro atoms. The zero-order valence-electron chi connectivity index (χ0n) is 24.5. The monoisotopic (exact) mass is 521 g/mol. The lowest BCUT2D eigenvalue weighted by atomic mass is 10.1. The van der Waals surface area contributed by atoms with Crippen LogP contribution in [0.15, 0.2) is 12.2 Å². The Morgan fingerprint density at radius 3 is 1.68 bits per heavy atom. The standard InChI is InChI=1S/C31H59N3O3/c1-4-7-10-11-12-13-14-15-16-17-18-19-20-21-22-23-30(36)34-28(31(37)33-27-9-6-3)24-25-29(35)32-26-8-5-2/h14-15,28H,4-13,16-27H2,1-3H3,(H,32,35)(H,33,37)(H,34,36)/b15-14+/t28-/m0/s1. The highest BCUT2D eigenvalue weighted by Gasteiger charge is 2.21. The van der Waals surface area contributed by atoms with Crippen LogP contribution in [-0.4, -0.2) is 36.9 Å². The van der Waals surface area contributed by atoms with E-state index in [1.807, 2.05) is 0 Å². The molecule has 37 heavy (non-hydrogen) atoms. The quantitative estimate of drug-likeness (QED) is 0.0836. The van der Waals surface area contributed by atoms with Crippen molar-refractivity contribution in [1.29, 1.82) is 0 Å². The Bertz CT molecular complexity index is 592. The van der Waals surface area contributed by atoms with Gasteiger partial charge in [0.25, 0.3) is 0 Å². The van der Waals surface area contributed by atoms with Gasteiger partial charge in [-0.25, -0.2) is 0 Å². The number of rotatable bonds is 26. The Hall–Kier alpha value is -1.85. The molecule has 1 atom stereocenters. The van der Waals surface area contributed by atoms with Crippen LogP contribution in [0.5, 0.6) is 0 Å². The van der Waals surface area contributed by atoms with E-state index in [2.05, 4.69) is 48.9 Å². The molecule has 0 aliphatic rings. The molecule has 0 aliphatic carbocycles. The van der Waals surface area contributed by atoms with Gasteiger partial charge < -0.3 is 16.0 Å². The molecule has 216 valence electrons. The summed E-state index contributed by atoms with van der Waals surface area (Å²) in [5.41, 5.74) is 0. The first-order valence-corrected chi connectivity index (χ1v) is 15.5. The summed E-state index contributed by atoms with van der Waals surface area (Å²) in [6, 6.07) is -0.648. The Morgan fingerprint density at radius 1 is 0.568 bits per heavy atom. The van der Waals surface area contributed by atoms with Crippen LogP contribution in [0.3, 0.4) is 0 Å². The molecule has 6 nitrogen and oxygen atoms in total. The first-order chi connectivity index (χ1) is 18.0. The summed E-state index contributed by atoms with van der Waals surface area (Å²) in [6.45, 7) is 7.66. The molecule has 3 amide bonds. The van der Waals surface area contributed by atoms with Gasteiger partial charge in [-0.2, -0.15) is 0 Å². The molecule has 0 fully saturated rings. The molecule has 0 heterocycles. The Morgan fingerprint density at radius 2 is 1.08 bits per heavy atom. The molecule has 6 heteroatoms. The second-order valence-electron chi connectivity index (χ2n) is 10.3. The number of carbonyl (C=O) groups is 3. The van der Waals surface area contributed by atoms with E-state index in [-0.39, 0.29) is 24.1 Å². The van der Waals surface area contributed by atoms with Crippen LogP contribution in [0.2, 0.25) is 0 Å². The summed E-state index contributed by atoms with van der Waals surface area (Å²) >= 11 is 0. The summed E-state index contributed by atoms with van der Waals surface area (Å²) in [7, 11) is 0. The number of carbonyl (C=O) groups excluding carboxylic acids is 3. The fourth-order valence-corrected chi connectivity index (χ4v) is 4.17. The summed E-state index contributed by atoms with van der Waals surface area (Å²) in [6.07, 6.45) is 25.4. The van der Waals surface area contributed by atoms with E-state index >= 15 is 0 Å². The van der Waals surface area contributed by atoms with Gasteiger partial charge in [-0.1, -0.05) is 97.1 Å². The van der Waals surface area contributed by atoms with Gasteiger partial charge in [-0.3, -0.25) is 14.4 Å². The molecule has 0 aromatic heterocycles. The third kappa shape index (κ3) is 24.3. The van der Waals surface area contributed by atoms with Gasteiger partial charge in [0, 0.05) is 25.9 Å². The lowest BCUT2D eigenvalue weighted by molar-refractivity contribution is -0.129. The maximum atomic E-state index is 12.6. The predicted octanol–water partition coefficient (Wildman–Crippen LogP) is 7.12. The fourth-order valence-electron chi connectivity index (χ4n) is 4.17. The van der Waals surface area contributed by atoms with E-state index in [0.29, 0.717) is 25.9 Å². The lowest BCUT2D eigenvalue weighted by Gasteiger charge is -2.18. The second-order valence-corrected chi connectivity index (χ2v) is 10.3. The molecule has 0 aliphatic heterocycles. The first-order valence-electron chi connectivity index (χ1n) is 15.5. The van der Waals surface area contributed by atoms with Crippen molar-refractivity contribution in [2.24, 2.45) is 0 Å². The first kappa shape index (κ1) is 35.2. The number of allylic oxidation sites excluding steroid dienone is 2. The normalized spacial score (nSPS) is 12.0. The maximum Gasteiger partial charge on any atom is 0.242 e. The van der Waals surface area contributed by atoms with Gasteiger partial charge in [0.05, 0.1) is 0 Å². The van der Waals surface area contributed by atoms with Crippen LogP contribution in [0.4, 0.5) is 0 Å². The van der Waals surface area contributed by atoms with Crippen LogP contribution in [0.1, 0.15) is 149 Å². The largest absolute Gasteiger partial charge is 0.356 e. The van der Waals surface area contributed by atoms with Crippen LogP contribution in [-0.2, 0) is 14.4 Å². The highest BCUT2D eigenvalue weighted by Crippen LogP contribution is 2.10. The van der Waals surface area contributed by atoms with Crippen molar-refractivity contribution in [3.05, 3.63) is 12.2 Å². The SMILES string of the molecule is CCCCCCC/C=C/CCCCCCCCC(=O)N[C@@H](CCC(=O)NCCCC)C(=O)NCCCC. The molecule has 3 N–H and O–H groups in total. The van der Waals surface area contributed by atoms with Gasteiger partial charge in [-0.15, -0.1) is 0 Å². The summed E-state index contributed by atoms with van der Waals surface area (Å²) < 4.78 is 0. The van der Waals surface area contributed by atoms with Crippen LogP contribution >= 0.6 is 0 Å². The molecule has 0 saturated carbocycles. The third-order valence-electron chi connectivity index (χ3n) is 6.66. The number of amides is 3. The van der Waals surface area contributed by atoms with Gasteiger partial charge in [0.2, 0.25) is 17.7 Å². The van der Waals surface area contributed by atoms with E-state index in [4.69, 9.17) is 0 Å². The Labute approximate surface area is 228 Å². The smallest absolute Gasteiger partial charge is 0.242 e. The molecule has 0 radical (unpaired) electrons. The fraction of sp³-hybridized carbons (Fsp3) is 0.839. The van der Waals surface area contributed by atoms with Crippen molar-refractivity contribution in [2.45, 2.75) is 155 Å². The molecule has 0 aromatic carbocycles. The molecular formula is C31H59N3O3. The van der Waals surface area contributed by atoms with E-state index in [0.717, 1.165) is 44.9 Å². The average Bonchev–Trinajstić information content (AvgIpc) is 2.89. The lowest BCUT2D eigenvalue weighted by Crippen LogP contribution is -2.47. The van der Waals surface area contributed by atoms with Gasteiger partial charge in [0.15, 0.2) is 0 Å². The van der Waals surface area contributed by atoms with Crippen LogP contribution < -0.4 is 16.0 Å². The van der Waals surface area contributed by atoms with Gasteiger partial charge >= 0.3 is 0 Å². The molecule has 0 aromatic rings. The number of hydrogen-bond acceptors (Lipinski definition) is 3. The highest BCUT2D eigenvalue weighted by molar-refractivity contribution is 5.88. The minimum absolute atomic E-state index is 0.0630. The molecule has 0 bridgehead atoms. The van der Waals surface area contributed by atoms with Crippen molar-refractivity contribution in [3.63, 3.8) is 0 Å². The van der Waals surface area contributed by atoms with Crippen LogP contribution in [0, 0.1) is 0 Å². The Kier molecular flexibility index (Phi) is 25.8. The molecule has 0 rings (SSSR count). The Balaban J connectivity index is 4.03. The minimum atomic E-state index is -0.648. The molecule has 0 unspecified atom stereocenters. The van der Waals surface area contributed by atoms with Gasteiger partial charge in [0.1, 0.15) is 6.04 Å². The van der Waals surface area contributed by atoms with Crippen molar-refractivity contribution < 1.29 is 14.4 Å². The van der Waals surface area contributed by atoms with Crippen molar-refractivity contribution in [2.75, 3.05) is 13.1 Å². The molecule has 0 saturated heterocycles. The zero-order valence-corrected chi connectivity index (χ0v) is 24.5. The number of hydrogen-bond donors (Lipinski definition) is 3. The molecular weight excluding hydrogens is 462 g/mol. The number of nitrogens with one attached hydrogen (secondary N) is 3. The van der Waals surface area contributed by atoms with Gasteiger partial charge in [-0.05, 0) is 51.4 Å². The number of unbranched alkanes of at least 4 members (excludes halogenated alkanes) is 13. The van der Waals surface area contributed by atoms with Crippen LogP contribution in [0.25, 0.3) is 0 Å². The summed E-state index contributed by atoms with van der Waals surface area (Å²) in [5.74, 6) is -0.345.